The van der Waals surface area contributed by atoms with Gasteiger partial charge in [0, 0.05) is 51.7 Å². The number of amides is 2. The summed E-state index contributed by atoms with van der Waals surface area (Å²) in [5.41, 5.74) is 2.96. The normalized spacial score (nSPS) is 19.9. The van der Waals surface area contributed by atoms with Crippen LogP contribution in [-0.2, 0) is 11.3 Å². The minimum atomic E-state index is 0.102. The third-order valence-electron chi connectivity index (χ3n) is 6.14. The lowest BCUT2D eigenvalue weighted by Gasteiger charge is -2.35. The van der Waals surface area contributed by atoms with Crippen molar-refractivity contribution in [3.05, 3.63) is 46.4 Å². The van der Waals surface area contributed by atoms with Crippen molar-refractivity contribution in [1.29, 1.82) is 0 Å². The van der Waals surface area contributed by atoms with Crippen molar-refractivity contribution >= 4 is 23.7 Å². The minimum Gasteiger partial charge on any atom is -0.494 e. The molecule has 2 aromatic rings. The molecule has 1 atom stereocenters. The van der Waals surface area contributed by atoms with Gasteiger partial charge in [0.1, 0.15) is 10.6 Å². The summed E-state index contributed by atoms with van der Waals surface area (Å²) in [6.07, 6.45) is 6.70. The number of likely N-dealkylation sites (tertiary alicyclic amines) is 1. The van der Waals surface area contributed by atoms with Gasteiger partial charge in [0.05, 0.1) is 18.3 Å². The van der Waals surface area contributed by atoms with Crippen LogP contribution in [0.1, 0.15) is 40.9 Å². The molecule has 0 saturated carbocycles. The van der Waals surface area contributed by atoms with Crippen molar-refractivity contribution in [1.82, 2.24) is 19.7 Å². The molecule has 0 radical (unpaired) electrons. The molecule has 3 heterocycles. The lowest BCUT2D eigenvalue weighted by molar-refractivity contribution is -0.119. The first-order valence-corrected chi connectivity index (χ1v) is 11.9. The van der Waals surface area contributed by atoms with Crippen molar-refractivity contribution in [2.24, 2.45) is 0 Å². The van der Waals surface area contributed by atoms with Gasteiger partial charge in [-0.3, -0.25) is 19.5 Å². The van der Waals surface area contributed by atoms with E-state index in [1.54, 1.807) is 11.7 Å². The van der Waals surface area contributed by atoms with Crippen LogP contribution in [0.25, 0.3) is 0 Å². The van der Waals surface area contributed by atoms with Crippen LogP contribution >= 0.6 is 11.3 Å². The van der Waals surface area contributed by atoms with Crippen LogP contribution in [0.4, 0.5) is 0 Å². The van der Waals surface area contributed by atoms with Crippen molar-refractivity contribution < 1.29 is 14.3 Å². The predicted molar refractivity (Wildman–Crippen MR) is 120 cm³/mol. The van der Waals surface area contributed by atoms with E-state index >= 15 is 0 Å². The minimum absolute atomic E-state index is 0.102. The summed E-state index contributed by atoms with van der Waals surface area (Å²) in [5.74, 6) is 0.969. The van der Waals surface area contributed by atoms with E-state index in [1.165, 1.54) is 16.9 Å². The number of aromatic nitrogens is 1. The number of nitrogens with zero attached hydrogens (tertiary/aromatic N) is 4. The molecule has 1 aromatic carbocycles. The lowest BCUT2D eigenvalue weighted by atomic mass is 9.99. The van der Waals surface area contributed by atoms with Crippen LogP contribution in [0.5, 0.6) is 5.75 Å². The molecule has 0 N–H and O–H groups in total. The Hall–Kier alpha value is -2.45. The van der Waals surface area contributed by atoms with Crippen molar-refractivity contribution in [3.63, 3.8) is 0 Å². The number of piperidine rings is 1. The summed E-state index contributed by atoms with van der Waals surface area (Å²) in [6, 6.07) is 8.51. The summed E-state index contributed by atoms with van der Waals surface area (Å²) in [6.45, 7) is 5.73. The maximum Gasteiger partial charge on any atom is 0.265 e. The van der Waals surface area contributed by atoms with Crippen LogP contribution < -0.4 is 4.74 Å². The molecule has 1 aromatic heterocycles. The van der Waals surface area contributed by atoms with Gasteiger partial charge in [0.25, 0.3) is 5.91 Å². The first-order chi connectivity index (χ1) is 15.2. The highest BCUT2D eigenvalue weighted by atomic mass is 32.1. The molecule has 0 spiro atoms. The molecule has 0 unspecified atom stereocenters. The van der Waals surface area contributed by atoms with E-state index in [1.807, 2.05) is 21.9 Å². The summed E-state index contributed by atoms with van der Waals surface area (Å²) in [7, 11) is 0. The Bertz CT molecular complexity index is 835. The zero-order valence-corrected chi connectivity index (χ0v) is 18.6. The molecule has 2 saturated heterocycles. The van der Waals surface area contributed by atoms with Gasteiger partial charge in [-0.1, -0.05) is 12.1 Å². The zero-order valence-electron chi connectivity index (χ0n) is 17.8. The smallest absolute Gasteiger partial charge is 0.265 e. The number of rotatable bonds is 8. The fourth-order valence-corrected chi connectivity index (χ4v) is 4.90. The molecular formula is C23H30N4O3S. The Balaban J connectivity index is 1.23. The average Bonchev–Trinajstić information content (AvgIpc) is 3.36. The van der Waals surface area contributed by atoms with Gasteiger partial charge in [-0.2, -0.15) is 0 Å². The molecule has 0 bridgehead atoms. The molecular weight excluding hydrogens is 412 g/mol. The van der Waals surface area contributed by atoms with Gasteiger partial charge in [-0.25, -0.2) is 0 Å². The van der Waals surface area contributed by atoms with Gasteiger partial charge < -0.3 is 14.5 Å². The van der Waals surface area contributed by atoms with Crippen LogP contribution in [0.15, 0.2) is 36.0 Å². The highest BCUT2D eigenvalue weighted by Gasteiger charge is 2.28. The van der Waals surface area contributed by atoms with Crippen molar-refractivity contribution in [3.8, 4) is 5.75 Å². The summed E-state index contributed by atoms with van der Waals surface area (Å²) in [5, 5.41) is 0. The van der Waals surface area contributed by atoms with E-state index < -0.39 is 0 Å². The number of hydrogen-bond acceptors (Lipinski definition) is 6. The lowest BCUT2D eigenvalue weighted by Crippen LogP contribution is -2.45. The third kappa shape index (κ3) is 5.83. The molecule has 2 fully saturated rings. The Labute approximate surface area is 187 Å². The van der Waals surface area contributed by atoms with E-state index in [2.05, 4.69) is 22.0 Å². The van der Waals surface area contributed by atoms with E-state index in [0.717, 1.165) is 82.0 Å². The fraction of sp³-hybridized carbons (Fsp3) is 0.522. The summed E-state index contributed by atoms with van der Waals surface area (Å²) in [4.78, 5) is 34.6. The van der Waals surface area contributed by atoms with E-state index in [4.69, 9.17) is 4.74 Å². The second kappa shape index (κ2) is 10.7. The Morgan fingerprint density at radius 3 is 2.65 bits per heavy atom. The first-order valence-electron chi connectivity index (χ1n) is 11.1. The topological polar surface area (TPSA) is 66.0 Å². The molecule has 2 aliphatic rings. The fourth-order valence-electron chi connectivity index (χ4n) is 4.32. The average molecular weight is 443 g/mol. The molecule has 0 aliphatic carbocycles. The quantitative estimate of drug-likeness (QED) is 0.588. The highest BCUT2D eigenvalue weighted by molar-refractivity contribution is 7.11. The number of piperazine rings is 1. The molecule has 7 nitrogen and oxygen atoms in total. The Kier molecular flexibility index (Phi) is 7.53. The number of hydrogen-bond donors (Lipinski definition) is 0. The standard InChI is InChI=1S/C23H30N4O3S/c28-18-26-12-10-25(11-13-26)16-19-4-6-21(7-5-19)30-14-8-20-3-1-2-9-27(20)23(29)22-15-24-17-31-22/h4-7,15,17-18,20H,1-3,8-14,16H2/t20-/m1/s1. The number of carbonyl (C=O) groups is 2. The summed E-state index contributed by atoms with van der Waals surface area (Å²) < 4.78 is 5.99. The van der Waals surface area contributed by atoms with Gasteiger partial charge >= 0.3 is 0 Å². The largest absolute Gasteiger partial charge is 0.494 e. The van der Waals surface area contributed by atoms with Crippen LogP contribution in [-0.4, -0.2) is 77.4 Å². The van der Waals surface area contributed by atoms with Crippen molar-refractivity contribution in [2.45, 2.75) is 38.3 Å². The highest BCUT2D eigenvalue weighted by Crippen LogP contribution is 2.24. The maximum absolute atomic E-state index is 12.8. The molecule has 2 aliphatic heterocycles. The van der Waals surface area contributed by atoms with Crippen LogP contribution in [0.2, 0.25) is 0 Å². The molecule has 8 heteroatoms. The second-order valence-electron chi connectivity index (χ2n) is 8.21. The van der Waals surface area contributed by atoms with Crippen LogP contribution in [0, 0.1) is 0 Å². The molecule has 31 heavy (non-hydrogen) atoms. The van der Waals surface area contributed by atoms with E-state index in [-0.39, 0.29) is 11.9 Å². The van der Waals surface area contributed by atoms with Gasteiger partial charge in [0.2, 0.25) is 6.41 Å². The van der Waals surface area contributed by atoms with E-state index in [0.29, 0.717) is 6.61 Å². The molecule has 4 rings (SSSR count). The monoisotopic (exact) mass is 442 g/mol. The molecule has 2 amide bonds. The number of carbonyl (C=O) groups excluding carboxylic acids is 2. The third-order valence-corrected chi connectivity index (χ3v) is 6.90. The molecule has 166 valence electrons. The number of ether oxygens (including phenoxy) is 1. The SMILES string of the molecule is O=CN1CCN(Cc2ccc(OCC[C@H]3CCCCN3C(=O)c3cncs3)cc2)CC1. The first kappa shape index (κ1) is 21.8. The Morgan fingerprint density at radius 2 is 1.94 bits per heavy atom. The maximum atomic E-state index is 12.8. The second-order valence-corrected chi connectivity index (χ2v) is 9.10. The van der Waals surface area contributed by atoms with E-state index in [9.17, 15) is 9.59 Å². The van der Waals surface area contributed by atoms with Gasteiger partial charge in [0.15, 0.2) is 0 Å². The summed E-state index contributed by atoms with van der Waals surface area (Å²) >= 11 is 1.41. The van der Waals surface area contributed by atoms with Crippen LogP contribution in [0.3, 0.4) is 0 Å². The van der Waals surface area contributed by atoms with Gasteiger partial charge in [-0.15, -0.1) is 11.3 Å². The number of thiazole rings is 1. The van der Waals surface area contributed by atoms with Gasteiger partial charge in [-0.05, 0) is 37.0 Å². The zero-order chi connectivity index (χ0) is 21.5. The van der Waals surface area contributed by atoms with Crippen molar-refractivity contribution in [2.75, 3.05) is 39.3 Å². The predicted octanol–water partition coefficient (Wildman–Crippen LogP) is 2.88. The Morgan fingerprint density at radius 1 is 1.13 bits per heavy atom. The number of benzene rings is 1.